The molecule has 0 spiro atoms. The molecular weight excluding hydrogens is 212 g/mol. The number of hydrogen-bond acceptors (Lipinski definition) is 2. The number of rotatable bonds is 3. The van der Waals surface area contributed by atoms with Crippen molar-refractivity contribution in [2.24, 2.45) is 0 Å². The van der Waals surface area contributed by atoms with Gasteiger partial charge in [-0.2, -0.15) is 5.10 Å². The average Bonchev–Trinajstić information content (AvgIpc) is 2.67. The van der Waals surface area contributed by atoms with E-state index in [1.54, 1.807) is 10.9 Å². The smallest absolute Gasteiger partial charge is 0.0641 e. The van der Waals surface area contributed by atoms with Gasteiger partial charge in [0.05, 0.1) is 19.3 Å². The first-order chi connectivity index (χ1) is 7.29. The monoisotopic (exact) mass is 222 g/mol. The van der Waals surface area contributed by atoms with Crippen LogP contribution in [0.4, 0.5) is 0 Å². The van der Waals surface area contributed by atoms with Crippen molar-refractivity contribution >= 4 is 11.6 Å². The van der Waals surface area contributed by atoms with Gasteiger partial charge in [-0.05, 0) is 17.7 Å². The molecule has 1 N–H and O–H groups in total. The van der Waals surface area contributed by atoms with E-state index in [0.717, 1.165) is 11.1 Å². The highest BCUT2D eigenvalue weighted by atomic mass is 35.5. The van der Waals surface area contributed by atoms with Crippen LogP contribution in [0.15, 0.2) is 36.7 Å². The molecule has 1 aromatic carbocycles. The lowest BCUT2D eigenvalue weighted by molar-refractivity contribution is 0.269. The molecule has 0 aliphatic rings. The molecule has 1 aromatic heterocycles. The van der Waals surface area contributed by atoms with E-state index in [9.17, 15) is 0 Å². The van der Waals surface area contributed by atoms with Crippen LogP contribution < -0.4 is 0 Å². The van der Waals surface area contributed by atoms with E-state index in [-0.39, 0.29) is 6.61 Å². The van der Waals surface area contributed by atoms with E-state index >= 15 is 0 Å². The minimum atomic E-state index is 0.0939. The first kappa shape index (κ1) is 10.2. The van der Waals surface area contributed by atoms with Gasteiger partial charge in [-0.25, -0.2) is 0 Å². The Morgan fingerprint density at radius 3 is 2.93 bits per heavy atom. The first-order valence-corrected chi connectivity index (χ1v) is 5.06. The van der Waals surface area contributed by atoms with Crippen LogP contribution in [0.25, 0.3) is 11.1 Å². The van der Waals surface area contributed by atoms with Gasteiger partial charge in [-0.15, -0.1) is 0 Å². The maximum atomic E-state index is 8.76. The normalized spacial score (nSPS) is 10.5. The fourth-order valence-electron chi connectivity index (χ4n) is 1.41. The maximum absolute atomic E-state index is 8.76. The molecule has 0 saturated heterocycles. The van der Waals surface area contributed by atoms with Crippen molar-refractivity contribution < 1.29 is 5.11 Å². The Labute approximate surface area is 92.9 Å². The largest absolute Gasteiger partial charge is 0.394 e. The number of aromatic nitrogens is 2. The Kier molecular flexibility index (Phi) is 3.04. The van der Waals surface area contributed by atoms with Crippen LogP contribution in [0.5, 0.6) is 0 Å². The van der Waals surface area contributed by atoms with Gasteiger partial charge in [0.1, 0.15) is 0 Å². The molecule has 0 unspecified atom stereocenters. The third-order valence-electron chi connectivity index (χ3n) is 2.12. The van der Waals surface area contributed by atoms with Gasteiger partial charge in [0.2, 0.25) is 0 Å². The lowest BCUT2D eigenvalue weighted by atomic mass is 10.1. The Morgan fingerprint density at radius 2 is 2.20 bits per heavy atom. The predicted octanol–water partition coefficient (Wildman–Crippen LogP) is 2.20. The number of hydrogen-bond donors (Lipinski definition) is 1. The van der Waals surface area contributed by atoms with Crippen LogP contribution in [0.3, 0.4) is 0 Å². The molecule has 78 valence electrons. The van der Waals surface area contributed by atoms with Gasteiger partial charge in [0.15, 0.2) is 0 Å². The lowest BCUT2D eigenvalue weighted by Gasteiger charge is -1.97. The summed E-state index contributed by atoms with van der Waals surface area (Å²) < 4.78 is 1.70. The third-order valence-corrected chi connectivity index (χ3v) is 2.36. The van der Waals surface area contributed by atoms with Gasteiger partial charge in [0, 0.05) is 16.8 Å². The van der Waals surface area contributed by atoms with Crippen molar-refractivity contribution in [3.8, 4) is 11.1 Å². The highest BCUT2D eigenvalue weighted by Gasteiger charge is 2.01. The molecule has 0 saturated carbocycles. The zero-order chi connectivity index (χ0) is 10.7. The summed E-state index contributed by atoms with van der Waals surface area (Å²) in [6, 6.07) is 7.61. The van der Waals surface area contributed by atoms with Crippen LogP contribution in [-0.4, -0.2) is 21.5 Å². The van der Waals surface area contributed by atoms with E-state index in [4.69, 9.17) is 16.7 Å². The molecule has 4 heteroatoms. The molecular formula is C11H11ClN2O. The minimum absolute atomic E-state index is 0.0939. The second-order valence-electron chi connectivity index (χ2n) is 3.23. The molecule has 2 aromatic rings. The summed E-state index contributed by atoms with van der Waals surface area (Å²) in [5, 5.41) is 13.6. The molecule has 0 radical (unpaired) electrons. The zero-order valence-electron chi connectivity index (χ0n) is 8.10. The lowest BCUT2D eigenvalue weighted by Crippen LogP contribution is -2.01. The van der Waals surface area contributed by atoms with Gasteiger partial charge >= 0.3 is 0 Å². The van der Waals surface area contributed by atoms with E-state index in [1.165, 1.54) is 0 Å². The van der Waals surface area contributed by atoms with Crippen LogP contribution in [0, 0.1) is 0 Å². The van der Waals surface area contributed by atoms with Gasteiger partial charge in [0.25, 0.3) is 0 Å². The standard InChI is InChI=1S/C11H11ClN2O/c12-11-3-1-2-9(6-11)10-7-13-14(8-10)4-5-15/h1-3,6-8,15H,4-5H2. The number of aliphatic hydroxyl groups is 1. The van der Waals surface area contributed by atoms with E-state index in [0.29, 0.717) is 11.6 Å². The summed E-state index contributed by atoms with van der Waals surface area (Å²) in [5.74, 6) is 0. The highest BCUT2D eigenvalue weighted by molar-refractivity contribution is 6.30. The van der Waals surface area contributed by atoms with Crippen molar-refractivity contribution in [3.05, 3.63) is 41.7 Å². The van der Waals surface area contributed by atoms with Crippen LogP contribution in [0.2, 0.25) is 5.02 Å². The molecule has 0 aliphatic carbocycles. The SMILES string of the molecule is OCCn1cc(-c2cccc(Cl)c2)cn1. The molecule has 1 heterocycles. The summed E-state index contributed by atoms with van der Waals surface area (Å²) in [6.45, 7) is 0.608. The number of halogens is 1. The van der Waals surface area contributed by atoms with E-state index in [2.05, 4.69) is 5.10 Å². The van der Waals surface area contributed by atoms with Crippen molar-refractivity contribution in [1.82, 2.24) is 9.78 Å². The van der Waals surface area contributed by atoms with E-state index in [1.807, 2.05) is 30.5 Å². The third kappa shape index (κ3) is 2.37. The summed E-state index contributed by atoms with van der Waals surface area (Å²) in [5.41, 5.74) is 2.04. The van der Waals surface area contributed by atoms with Crippen LogP contribution in [0.1, 0.15) is 0 Å². The number of nitrogens with zero attached hydrogens (tertiary/aromatic N) is 2. The summed E-state index contributed by atoms with van der Waals surface area (Å²) >= 11 is 5.90. The van der Waals surface area contributed by atoms with E-state index < -0.39 is 0 Å². The first-order valence-electron chi connectivity index (χ1n) is 4.69. The predicted molar refractivity (Wildman–Crippen MR) is 59.8 cm³/mol. The Hall–Kier alpha value is -1.32. The summed E-state index contributed by atoms with van der Waals surface area (Å²) in [7, 11) is 0. The summed E-state index contributed by atoms with van der Waals surface area (Å²) in [4.78, 5) is 0. The Balaban J connectivity index is 2.29. The number of aliphatic hydroxyl groups excluding tert-OH is 1. The summed E-state index contributed by atoms with van der Waals surface area (Å²) in [6.07, 6.45) is 3.66. The molecule has 3 nitrogen and oxygen atoms in total. The minimum Gasteiger partial charge on any atom is -0.394 e. The van der Waals surface area contributed by atoms with Gasteiger partial charge < -0.3 is 5.11 Å². The van der Waals surface area contributed by atoms with Crippen molar-refractivity contribution in [3.63, 3.8) is 0 Å². The second kappa shape index (κ2) is 4.47. The van der Waals surface area contributed by atoms with Crippen LogP contribution >= 0.6 is 11.6 Å². The topological polar surface area (TPSA) is 38.0 Å². The molecule has 15 heavy (non-hydrogen) atoms. The molecule has 2 rings (SSSR count). The Morgan fingerprint density at radius 1 is 1.33 bits per heavy atom. The Bertz CT molecular complexity index is 453. The average molecular weight is 223 g/mol. The highest BCUT2D eigenvalue weighted by Crippen LogP contribution is 2.21. The fraction of sp³-hybridized carbons (Fsp3) is 0.182. The second-order valence-corrected chi connectivity index (χ2v) is 3.66. The van der Waals surface area contributed by atoms with Gasteiger partial charge in [-0.1, -0.05) is 23.7 Å². The molecule has 0 aliphatic heterocycles. The van der Waals surface area contributed by atoms with Crippen LogP contribution in [-0.2, 0) is 6.54 Å². The van der Waals surface area contributed by atoms with Crippen molar-refractivity contribution in [1.29, 1.82) is 0 Å². The van der Waals surface area contributed by atoms with Gasteiger partial charge in [-0.3, -0.25) is 4.68 Å². The fourth-order valence-corrected chi connectivity index (χ4v) is 1.60. The molecule has 0 amide bonds. The molecule has 0 bridgehead atoms. The van der Waals surface area contributed by atoms with Crippen molar-refractivity contribution in [2.45, 2.75) is 6.54 Å². The zero-order valence-corrected chi connectivity index (χ0v) is 8.85. The molecule has 0 atom stereocenters. The maximum Gasteiger partial charge on any atom is 0.0641 e. The quantitative estimate of drug-likeness (QED) is 0.865. The van der Waals surface area contributed by atoms with Crippen molar-refractivity contribution in [2.75, 3.05) is 6.61 Å². The number of benzene rings is 1. The molecule has 0 fully saturated rings.